The molecule has 0 aliphatic carbocycles. The third kappa shape index (κ3) is 1.75. The van der Waals surface area contributed by atoms with E-state index in [0.29, 0.717) is 0 Å². The topological polar surface area (TPSA) is 53.2 Å². The van der Waals surface area contributed by atoms with Crippen molar-refractivity contribution in [3.63, 3.8) is 0 Å². The van der Waals surface area contributed by atoms with Crippen LogP contribution in [0.25, 0.3) is 0 Å². The Morgan fingerprint density at radius 3 is 3.25 bits per heavy atom. The van der Waals surface area contributed by atoms with Gasteiger partial charge in [-0.15, -0.1) is 0 Å². The Bertz CT molecular complexity index is 370. The minimum absolute atomic E-state index is 0.264. The highest BCUT2D eigenvalue weighted by molar-refractivity contribution is 5.30. The number of aromatic nitrogens is 2. The molecule has 3 rings (SSSR count). The van der Waals surface area contributed by atoms with Crippen molar-refractivity contribution in [1.82, 2.24) is 20.4 Å². The summed E-state index contributed by atoms with van der Waals surface area (Å²) in [5.41, 5.74) is 3.83. The lowest BCUT2D eigenvalue weighted by Crippen LogP contribution is -2.36. The molecule has 1 saturated heterocycles. The number of ether oxygens (including phenoxy) is 1. The van der Waals surface area contributed by atoms with Crippen LogP contribution in [0.1, 0.15) is 23.0 Å². The molecule has 3 heterocycles. The summed E-state index contributed by atoms with van der Waals surface area (Å²) in [6.45, 7) is 4.58. The van der Waals surface area contributed by atoms with E-state index in [4.69, 9.17) is 4.74 Å². The van der Waals surface area contributed by atoms with Crippen molar-refractivity contribution in [3.8, 4) is 0 Å². The fourth-order valence-electron chi connectivity index (χ4n) is 2.48. The molecular formula is C11H18N4O. The molecule has 0 saturated carbocycles. The third-order valence-electron chi connectivity index (χ3n) is 3.41. The molecule has 1 fully saturated rings. The van der Waals surface area contributed by atoms with Gasteiger partial charge in [-0.1, -0.05) is 0 Å². The predicted octanol–water partition coefficient (Wildman–Crippen LogP) is 0.0585. The zero-order valence-corrected chi connectivity index (χ0v) is 9.62. The van der Waals surface area contributed by atoms with Gasteiger partial charge < -0.3 is 15.0 Å². The first-order chi connectivity index (χ1) is 7.84. The molecule has 16 heavy (non-hydrogen) atoms. The minimum atomic E-state index is 0.264. The molecule has 0 amide bonds. The van der Waals surface area contributed by atoms with Crippen LogP contribution >= 0.6 is 0 Å². The van der Waals surface area contributed by atoms with Gasteiger partial charge in [0.2, 0.25) is 0 Å². The van der Waals surface area contributed by atoms with Crippen molar-refractivity contribution < 1.29 is 4.74 Å². The summed E-state index contributed by atoms with van der Waals surface area (Å²) in [5.74, 6) is 0. The summed E-state index contributed by atoms with van der Waals surface area (Å²) in [5, 5.41) is 11.1. The highest BCUT2D eigenvalue weighted by Gasteiger charge is 2.26. The van der Waals surface area contributed by atoms with Gasteiger partial charge in [0.05, 0.1) is 24.9 Å². The fraction of sp³-hybridized carbons (Fsp3) is 0.727. The molecule has 5 heteroatoms. The number of morpholine rings is 1. The van der Waals surface area contributed by atoms with Crippen LogP contribution in [0.3, 0.4) is 0 Å². The Kier molecular flexibility index (Phi) is 2.67. The second-order valence-electron chi connectivity index (χ2n) is 4.64. The van der Waals surface area contributed by atoms with Crippen LogP contribution in [0, 0.1) is 0 Å². The second-order valence-corrected chi connectivity index (χ2v) is 4.64. The van der Waals surface area contributed by atoms with Gasteiger partial charge in [-0.2, -0.15) is 5.10 Å². The van der Waals surface area contributed by atoms with Gasteiger partial charge in [0, 0.05) is 37.3 Å². The van der Waals surface area contributed by atoms with Crippen LogP contribution in [0.5, 0.6) is 0 Å². The maximum atomic E-state index is 5.49. The van der Waals surface area contributed by atoms with Crippen LogP contribution in [-0.4, -0.2) is 48.4 Å². The van der Waals surface area contributed by atoms with E-state index in [0.717, 1.165) is 45.0 Å². The summed E-state index contributed by atoms with van der Waals surface area (Å²) < 4.78 is 5.49. The monoisotopic (exact) mass is 222 g/mol. The smallest absolute Gasteiger partial charge is 0.0862 e. The van der Waals surface area contributed by atoms with Gasteiger partial charge in [-0.05, 0) is 7.05 Å². The van der Waals surface area contributed by atoms with E-state index in [1.165, 1.54) is 11.3 Å². The number of hydrogen-bond donors (Lipinski definition) is 2. The zero-order valence-electron chi connectivity index (χ0n) is 9.62. The first kappa shape index (κ1) is 10.3. The van der Waals surface area contributed by atoms with Gasteiger partial charge in [0.1, 0.15) is 0 Å². The molecule has 0 bridgehead atoms. The number of rotatable bonds is 1. The van der Waals surface area contributed by atoms with E-state index in [1.807, 2.05) is 0 Å². The minimum Gasteiger partial charge on any atom is -0.378 e. The van der Waals surface area contributed by atoms with Gasteiger partial charge in [-0.3, -0.25) is 5.10 Å². The van der Waals surface area contributed by atoms with E-state index in [-0.39, 0.29) is 6.04 Å². The number of nitrogens with one attached hydrogen (secondary N) is 2. The van der Waals surface area contributed by atoms with E-state index in [1.54, 1.807) is 0 Å². The van der Waals surface area contributed by atoms with Crippen molar-refractivity contribution in [2.45, 2.75) is 19.0 Å². The maximum Gasteiger partial charge on any atom is 0.0862 e. The number of nitrogens with zero attached hydrogens (tertiary/aromatic N) is 2. The van der Waals surface area contributed by atoms with E-state index in [9.17, 15) is 0 Å². The van der Waals surface area contributed by atoms with Gasteiger partial charge in [0.15, 0.2) is 0 Å². The van der Waals surface area contributed by atoms with E-state index >= 15 is 0 Å². The molecule has 1 aromatic heterocycles. The molecule has 1 atom stereocenters. The molecule has 1 unspecified atom stereocenters. The van der Waals surface area contributed by atoms with Crippen LogP contribution in [0.4, 0.5) is 0 Å². The molecule has 2 N–H and O–H groups in total. The first-order valence-electron chi connectivity index (χ1n) is 5.90. The molecule has 88 valence electrons. The zero-order chi connectivity index (χ0) is 11.0. The van der Waals surface area contributed by atoms with Gasteiger partial charge in [0.25, 0.3) is 0 Å². The lowest BCUT2D eigenvalue weighted by Gasteiger charge is -2.26. The quantitative estimate of drug-likeness (QED) is 0.705. The van der Waals surface area contributed by atoms with Crippen molar-refractivity contribution in [2.75, 3.05) is 33.4 Å². The molecule has 2 aliphatic heterocycles. The van der Waals surface area contributed by atoms with Crippen molar-refractivity contribution in [1.29, 1.82) is 0 Å². The molecule has 1 aromatic rings. The Labute approximate surface area is 95.2 Å². The van der Waals surface area contributed by atoms with Crippen molar-refractivity contribution in [3.05, 3.63) is 17.0 Å². The van der Waals surface area contributed by atoms with Crippen LogP contribution < -0.4 is 5.32 Å². The summed E-state index contributed by atoms with van der Waals surface area (Å²) in [4.78, 5) is 2.34. The Hall–Kier alpha value is -0.910. The van der Waals surface area contributed by atoms with Gasteiger partial charge in [-0.25, -0.2) is 0 Å². The standard InChI is InChI=1S/C11H18N4O/c1-15-4-2-9-8(6-15)11(14-13-9)10-7-16-5-3-12-10/h10,12H,2-7H2,1H3,(H,13,14). The highest BCUT2D eigenvalue weighted by Crippen LogP contribution is 2.25. The lowest BCUT2D eigenvalue weighted by molar-refractivity contribution is 0.0750. The molecule has 0 aromatic carbocycles. The normalized spacial score (nSPS) is 26.7. The average Bonchev–Trinajstić information content (AvgIpc) is 2.73. The Balaban J connectivity index is 1.86. The van der Waals surface area contributed by atoms with Crippen molar-refractivity contribution >= 4 is 0 Å². The molecule has 0 radical (unpaired) electrons. The average molecular weight is 222 g/mol. The highest BCUT2D eigenvalue weighted by atomic mass is 16.5. The summed E-state index contributed by atoms with van der Waals surface area (Å²) >= 11 is 0. The largest absolute Gasteiger partial charge is 0.378 e. The number of hydrogen-bond acceptors (Lipinski definition) is 4. The van der Waals surface area contributed by atoms with Crippen molar-refractivity contribution in [2.24, 2.45) is 0 Å². The van der Waals surface area contributed by atoms with Crippen LogP contribution in [0.15, 0.2) is 0 Å². The van der Waals surface area contributed by atoms with Crippen LogP contribution in [0.2, 0.25) is 0 Å². The fourth-order valence-corrected chi connectivity index (χ4v) is 2.48. The molecule has 2 aliphatic rings. The van der Waals surface area contributed by atoms with E-state index in [2.05, 4.69) is 27.5 Å². The Morgan fingerprint density at radius 1 is 1.50 bits per heavy atom. The molecular weight excluding hydrogens is 204 g/mol. The lowest BCUT2D eigenvalue weighted by atomic mass is 10.0. The van der Waals surface area contributed by atoms with Crippen LogP contribution in [-0.2, 0) is 17.7 Å². The first-order valence-corrected chi connectivity index (χ1v) is 5.90. The number of aromatic amines is 1. The summed E-state index contributed by atoms with van der Waals surface area (Å²) in [6, 6.07) is 0.264. The van der Waals surface area contributed by atoms with E-state index < -0.39 is 0 Å². The summed E-state index contributed by atoms with van der Waals surface area (Å²) in [6.07, 6.45) is 1.08. The molecule has 5 nitrogen and oxygen atoms in total. The third-order valence-corrected chi connectivity index (χ3v) is 3.41. The maximum absolute atomic E-state index is 5.49. The number of likely N-dealkylation sites (N-methyl/N-ethyl adjacent to an activating group) is 1. The number of H-pyrrole nitrogens is 1. The van der Waals surface area contributed by atoms with Gasteiger partial charge >= 0.3 is 0 Å². The second kappa shape index (κ2) is 4.16. The predicted molar refractivity (Wildman–Crippen MR) is 60.2 cm³/mol. The summed E-state index contributed by atoms with van der Waals surface area (Å²) in [7, 11) is 2.16. The number of fused-ring (bicyclic) bond motifs is 1. The SMILES string of the molecule is CN1CCc2[nH]nc(C3COCCN3)c2C1. The Morgan fingerprint density at radius 2 is 2.44 bits per heavy atom. The molecule has 0 spiro atoms.